The van der Waals surface area contributed by atoms with Crippen LogP contribution in [-0.4, -0.2) is 59.9 Å². The summed E-state index contributed by atoms with van der Waals surface area (Å²) in [5.41, 5.74) is 3.79. The fourth-order valence-electron chi connectivity index (χ4n) is 4.02. The number of benzene rings is 2. The summed E-state index contributed by atoms with van der Waals surface area (Å²) in [5, 5.41) is 7.93. The van der Waals surface area contributed by atoms with Gasteiger partial charge in [-0.3, -0.25) is 9.69 Å². The lowest BCUT2D eigenvalue weighted by atomic mass is 10.2. The second-order valence-electron chi connectivity index (χ2n) is 8.23. The van der Waals surface area contributed by atoms with E-state index in [1.165, 1.54) is 11.3 Å². The van der Waals surface area contributed by atoms with Gasteiger partial charge in [-0.2, -0.15) is 5.10 Å². The molecule has 0 radical (unpaired) electrons. The number of hydrogen-bond donors (Lipinski definition) is 1. The van der Waals surface area contributed by atoms with Crippen LogP contribution < -0.4 is 10.2 Å². The molecule has 6 nitrogen and oxygen atoms in total. The van der Waals surface area contributed by atoms with E-state index in [1.807, 2.05) is 18.2 Å². The fraction of sp³-hybridized carbons (Fsp3) is 0.360. The van der Waals surface area contributed by atoms with E-state index in [-0.39, 0.29) is 5.91 Å². The van der Waals surface area contributed by atoms with Crippen molar-refractivity contribution < 1.29 is 4.79 Å². The van der Waals surface area contributed by atoms with Crippen molar-refractivity contribution in [1.82, 2.24) is 20.0 Å². The van der Waals surface area contributed by atoms with Crippen LogP contribution in [0.25, 0.3) is 5.69 Å². The highest BCUT2D eigenvalue weighted by Gasteiger charge is 2.17. The van der Waals surface area contributed by atoms with Crippen molar-refractivity contribution in [2.24, 2.45) is 0 Å². The molecule has 0 saturated carbocycles. The quantitative estimate of drug-likeness (QED) is 0.522. The lowest BCUT2D eigenvalue weighted by Gasteiger charge is -2.36. The third kappa shape index (κ3) is 5.69. The molecule has 1 fully saturated rings. The number of halogens is 1. The van der Waals surface area contributed by atoms with Crippen LogP contribution in [0.5, 0.6) is 0 Å². The van der Waals surface area contributed by atoms with E-state index in [0.717, 1.165) is 51.3 Å². The van der Waals surface area contributed by atoms with Crippen molar-refractivity contribution in [1.29, 1.82) is 0 Å². The molecule has 1 amide bonds. The predicted molar refractivity (Wildman–Crippen MR) is 130 cm³/mol. The molecule has 1 aromatic heterocycles. The van der Waals surface area contributed by atoms with Gasteiger partial charge < -0.3 is 10.2 Å². The van der Waals surface area contributed by atoms with Gasteiger partial charge in [0.1, 0.15) is 0 Å². The van der Waals surface area contributed by atoms with E-state index in [4.69, 9.17) is 11.6 Å². The highest BCUT2D eigenvalue weighted by atomic mass is 35.5. The van der Waals surface area contributed by atoms with Crippen LogP contribution in [0.4, 0.5) is 5.69 Å². The van der Waals surface area contributed by atoms with Crippen LogP contribution in [0.1, 0.15) is 28.9 Å². The molecule has 0 unspecified atom stereocenters. The number of piperazine rings is 1. The minimum Gasteiger partial charge on any atom is -0.369 e. The van der Waals surface area contributed by atoms with Gasteiger partial charge in [0, 0.05) is 44.6 Å². The lowest BCUT2D eigenvalue weighted by molar-refractivity contribution is 0.0947. The Labute approximate surface area is 194 Å². The molecule has 32 heavy (non-hydrogen) atoms. The number of nitrogens with zero attached hydrogens (tertiary/aromatic N) is 4. The van der Waals surface area contributed by atoms with Crippen LogP contribution in [0.15, 0.2) is 60.8 Å². The Bertz CT molecular complexity index is 1040. The van der Waals surface area contributed by atoms with Gasteiger partial charge in [0.15, 0.2) is 5.69 Å². The Balaban J connectivity index is 1.14. The van der Waals surface area contributed by atoms with Crippen molar-refractivity contribution in [3.63, 3.8) is 0 Å². The number of rotatable bonds is 8. The summed E-state index contributed by atoms with van der Waals surface area (Å²) in [7, 11) is 0. The third-order valence-corrected chi connectivity index (χ3v) is 6.17. The Morgan fingerprint density at radius 1 is 1.03 bits per heavy atom. The summed E-state index contributed by atoms with van der Waals surface area (Å²) in [6.45, 7) is 8.16. The second kappa shape index (κ2) is 10.7. The van der Waals surface area contributed by atoms with E-state index in [0.29, 0.717) is 17.3 Å². The molecular weight excluding hydrogens is 422 g/mol. The molecule has 0 atom stereocenters. The Hall–Kier alpha value is -2.83. The number of hydrogen-bond acceptors (Lipinski definition) is 4. The summed E-state index contributed by atoms with van der Waals surface area (Å²) in [6.07, 6.45) is 3.78. The Morgan fingerprint density at radius 2 is 1.84 bits per heavy atom. The molecule has 4 rings (SSSR count). The van der Waals surface area contributed by atoms with Crippen LogP contribution in [-0.2, 0) is 0 Å². The van der Waals surface area contributed by atoms with Crippen molar-refractivity contribution in [3.05, 3.63) is 77.1 Å². The first kappa shape index (κ1) is 22.4. The molecule has 1 saturated heterocycles. The zero-order chi connectivity index (χ0) is 22.3. The summed E-state index contributed by atoms with van der Waals surface area (Å²) in [5.74, 6) is -0.150. The summed E-state index contributed by atoms with van der Waals surface area (Å²) in [6, 6.07) is 17.9. The third-order valence-electron chi connectivity index (χ3n) is 5.85. The molecule has 0 bridgehead atoms. The monoisotopic (exact) mass is 451 g/mol. The maximum atomic E-state index is 12.4. The number of aromatic nitrogens is 2. The molecule has 1 aliphatic heterocycles. The number of para-hydroxylation sites is 1. The number of nitrogens with one attached hydrogen (secondary N) is 1. The van der Waals surface area contributed by atoms with Gasteiger partial charge in [-0.1, -0.05) is 35.9 Å². The minimum atomic E-state index is -0.150. The molecule has 1 N–H and O–H groups in total. The number of unbranched alkanes of at least 4 members (excludes halogenated alkanes) is 1. The number of carbonyl (C=O) groups excluding carboxylic acids is 1. The van der Waals surface area contributed by atoms with E-state index in [1.54, 1.807) is 23.0 Å². The molecule has 2 heterocycles. The number of anilines is 1. The topological polar surface area (TPSA) is 53.4 Å². The van der Waals surface area contributed by atoms with Gasteiger partial charge in [-0.05, 0) is 62.2 Å². The number of carbonyl (C=O) groups is 1. The predicted octanol–water partition coefficient (Wildman–Crippen LogP) is 4.17. The fourth-order valence-corrected chi connectivity index (χ4v) is 4.25. The molecule has 1 aliphatic rings. The second-order valence-corrected chi connectivity index (χ2v) is 8.63. The van der Waals surface area contributed by atoms with Crippen LogP contribution in [0.3, 0.4) is 0 Å². The largest absolute Gasteiger partial charge is 0.369 e. The zero-order valence-corrected chi connectivity index (χ0v) is 19.3. The lowest BCUT2D eigenvalue weighted by Crippen LogP contribution is -2.46. The average Bonchev–Trinajstić information content (AvgIpc) is 3.30. The highest BCUT2D eigenvalue weighted by molar-refractivity contribution is 6.32. The van der Waals surface area contributed by atoms with E-state index in [9.17, 15) is 4.79 Å². The first-order valence-electron chi connectivity index (χ1n) is 11.2. The van der Waals surface area contributed by atoms with Crippen molar-refractivity contribution >= 4 is 23.2 Å². The van der Waals surface area contributed by atoms with Crippen molar-refractivity contribution in [2.75, 3.05) is 44.2 Å². The molecule has 0 aliphatic carbocycles. The molecule has 0 spiro atoms. The highest BCUT2D eigenvalue weighted by Crippen LogP contribution is 2.19. The first-order chi connectivity index (χ1) is 15.6. The Morgan fingerprint density at radius 3 is 2.62 bits per heavy atom. The smallest absolute Gasteiger partial charge is 0.271 e. The first-order valence-corrected chi connectivity index (χ1v) is 11.6. The number of aryl methyl sites for hydroxylation is 1. The summed E-state index contributed by atoms with van der Waals surface area (Å²) < 4.78 is 1.63. The normalized spacial score (nSPS) is 14.5. The maximum Gasteiger partial charge on any atom is 0.271 e. The average molecular weight is 452 g/mol. The van der Waals surface area contributed by atoms with Crippen LogP contribution in [0, 0.1) is 6.92 Å². The van der Waals surface area contributed by atoms with Gasteiger partial charge in [0.25, 0.3) is 5.91 Å². The van der Waals surface area contributed by atoms with Crippen LogP contribution in [0.2, 0.25) is 5.02 Å². The summed E-state index contributed by atoms with van der Waals surface area (Å²) >= 11 is 6.21. The van der Waals surface area contributed by atoms with Gasteiger partial charge in [0.05, 0.1) is 10.7 Å². The van der Waals surface area contributed by atoms with Gasteiger partial charge in [-0.15, -0.1) is 0 Å². The van der Waals surface area contributed by atoms with Gasteiger partial charge >= 0.3 is 0 Å². The Kier molecular flexibility index (Phi) is 7.45. The van der Waals surface area contributed by atoms with Crippen LogP contribution >= 0.6 is 11.6 Å². The molecule has 2 aromatic carbocycles. The maximum absolute atomic E-state index is 12.4. The molecular formula is C25H30ClN5O. The molecule has 3 aromatic rings. The summed E-state index contributed by atoms with van der Waals surface area (Å²) in [4.78, 5) is 17.4. The van der Waals surface area contributed by atoms with E-state index in [2.05, 4.69) is 51.4 Å². The van der Waals surface area contributed by atoms with Gasteiger partial charge in [-0.25, -0.2) is 4.68 Å². The van der Waals surface area contributed by atoms with Gasteiger partial charge in [0.2, 0.25) is 0 Å². The van der Waals surface area contributed by atoms with Crippen molar-refractivity contribution in [3.8, 4) is 5.69 Å². The molecule has 168 valence electrons. The number of amides is 1. The standard InChI is InChI=1S/C25H30ClN5O/c1-20-7-6-8-21(19-20)30-17-15-29(16-18-30)13-5-4-12-27-25(32)23-11-14-31(28-23)24-10-3-2-9-22(24)26/h2-3,6-11,14,19H,4-5,12-13,15-18H2,1H3,(H,27,32). The van der Waals surface area contributed by atoms with E-state index >= 15 is 0 Å². The van der Waals surface area contributed by atoms with E-state index < -0.39 is 0 Å². The van der Waals surface area contributed by atoms with Crippen molar-refractivity contribution in [2.45, 2.75) is 19.8 Å². The molecule has 7 heteroatoms. The zero-order valence-electron chi connectivity index (χ0n) is 18.5. The minimum absolute atomic E-state index is 0.150. The SMILES string of the molecule is Cc1cccc(N2CCN(CCCCNC(=O)c3ccn(-c4ccccc4Cl)n3)CC2)c1.